The SMILES string of the molecule is CC(C(=O)Nc1ccc(Cl)cc1)C1CC2(CCC(c3ccnc4ccc(F)cc34)CC2)O1. The molecule has 5 rings (SSSR count). The molecule has 2 aliphatic rings. The second-order valence-electron chi connectivity index (χ2n) is 9.16. The molecule has 4 nitrogen and oxygen atoms in total. The van der Waals surface area contributed by atoms with Crippen LogP contribution in [0, 0.1) is 11.7 Å². The van der Waals surface area contributed by atoms with Crippen LogP contribution in [0.3, 0.4) is 0 Å². The number of rotatable bonds is 4. The molecule has 1 saturated heterocycles. The molecule has 2 fully saturated rings. The molecule has 2 unspecified atom stereocenters. The first-order valence-corrected chi connectivity index (χ1v) is 11.6. The maximum atomic E-state index is 13.8. The number of carbonyl (C=O) groups is 1. The van der Waals surface area contributed by atoms with Crippen LogP contribution in [0.1, 0.15) is 50.5 Å². The summed E-state index contributed by atoms with van der Waals surface area (Å²) in [7, 11) is 0. The highest BCUT2D eigenvalue weighted by Crippen LogP contribution is 2.50. The van der Waals surface area contributed by atoms with Gasteiger partial charge in [-0.15, -0.1) is 0 Å². The van der Waals surface area contributed by atoms with Crippen LogP contribution in [0.15, 0.2) is 54.7 Å². The van der Waals surface area contributed by atoms with Crippen LogP contribution in [0.25, 0.3) is 10.9 Å². The van der Waals surface area contributed by atoms with Gasteiger partial charge in [0.25, 0.3) is 0 Å². The van der Waals surface area contributed by atoms with Crippen molar-refractivity contribution >= 4 is 34.1 Å². The first kappa shape index (κ1) is 21.4. The maximum absolute atomic E-state index is 13.8. The number of hydrogen-bond donors (Lipinski definition) is 1. The molecule has 0 radical (unpaired) electrons. The number of carbonyl (C=O) groups excluding carboxylic acids is 1. The number of nitrogens with zero attached hydrogens (tertiary/aromatic N) is 1. The van der Waals surface area contributed by atoms with Gasteiger partial charge in [0.2, 0.25) is 5.91 Å². The lowest BCUT2D eigenvalue weighted by molar-refractivity contribution is -0.234. The van der Waals surface area contributed by atoms with Gasteiger partial charge in [-0.2, -0.15) is 0 Å². The molecule has 1 aromatic heterocycles. The number of halogens is 2. The number of nitrogens with one attached hydrogen (secondary N) is 1. The quantitative estimate of drug-likeness (QED) is 0.492. The van der Waals surface area contributed by atoms with E-state index in [2.05, 4.69) is 10.3 Å². The number of pyridine rings is 1. The van der Waals surface area contributed by atoms with E-state index >= 15 is 0 Å². The van der Waals surface area contributed by atoms with Crippen molar-refractivity contribution in [1.82, 2.24) is 4.98 Å². The van der Waals surface area contributed by atoms with Crippen LogP contribution < -0.4 is 5.32 Å². The van der Waals surface area contributed by atoms with Gasteiger partial charge >= 0.3 is 0 Å². The predicted octanol–water partition coefficient (Wildman–Crippen LogP) is 6.49. The van der Waals surface area contributed by atoms with E-state index in [4.69, 9.17) is 16.3 Å². The molecule has 2 atom stereocenters. The molecule has 0 bridgehead atoms. The fourth-order valence-electron chi connectivity index (χ4n) is 5.19. The third kappa shape index (κ3) is 4.12. The summed E-state index contributed by atoms with van der Waals surface area (Å²) in [6.45, 7) is 1.92. The van der Waals surface area contributed by atoms with E-state index in [0.29, 0.717) is 10.9 Å². The smallest absolute Gasteiger partial charge is 0.229 e. The van der Waals surface area contributed by atoms with Crippen molar-refractivity contribution in [3.63, 3.8) is 0 Å². The van der Waals surface area contributed by atoms with Crippen molar-refractivity contribution in [2.45, 2.75) is 56.7 Å². The topological polar surface area (TPSA) is 51.2 Å². The summed E-state index contributed by atoms with van der Waals surface area (Å²) < 4.78 is 20.2. The minimum atomic E-state index is -0.227. The Morgan fingerprint density at radius 3 is 2.62 bits per heavy atom. The lowest BCUT2D eigenvalue weighted by Crippen LogP contribution is -2.56. The number of aromatic nitrogens is 1. The van der Waals surface area contributed by atoms with Crippen LogP contribution >= 0.6 is 11.6 Å². The average molecular weight is 453 g/mol. The maximum Gasteiger partial charge on any atom is 0.229 e. The largest absolute Gasteiger partial charge is 0.371 e. The molecular formula is C26H26ClFN2O2. The molecule has 1 saturated carbocycles. The normalized spacial score (nSPS) is 26.0. The monoisotopic (exact) mass is 452 g/mol. The van der Waals surface area contributed by atoms with Crippen LogP contribution in [-0.2, 0) is 9.53 Å². The van der Waals surface area contributed by atoms with Crippen molar-refractivity contribution in [3.8, 4) is 0 Å². The standard InChI is InChI=1S/C26H26ClFN2O2/c1-16(25(31)30-20-5-2-18(27)3-6-20)24-15-26(32-24)11-8-17(9-12-26)21-10-13-29-23-7-4-19(28)14-22(21)23/h2-7,10,13-14,16-17,24H,8-9,11-12,15H2,1H3,(H,30,31). The average Bonchev–Trinajstić information content (AvgIpc) is 2.78. The number of anilines is 1. The molecule has 2 aromatic carbocycles. The Bertz CT molecular complexity index is 1130. The van der Waals surface area contributed by atoms with Gasteiger partial charge in [0.15, 0.2) is 0 Å². The van der Waals surface area contributed by atoms with E-state index < -0.39 is 0 Å². The minimum Gasteiger partial charge on any atom is -0.371 e. The highest BCUT2D eigenvalue weighted by atomic mass is 35.5. The summed E-state index contributed by atoms with van der Waals surface area (Å²) in [6, 6.07) is 13.9. The number of fused-ring (bicyclic) bond motifs is 1. The second kappa shape index (κ2) is 8.45. The van der Waals surface area contributed by atoms with Gasteiger partial charge in [-0.1, -0.05) is 18.5 Å². The van der Waals surface area contributed by atoms with Gasteiger partial charge in [-0.3, -0.25) is 9.78 Å². The van der Waals surface area contributed by atoms with Gasteiger partial charge in [-0.05, 0) is 85.7 Å². The Kier molecular flexibility index (Phi) is 5.64. The van der Waals surface area contributed by atoms with E-state index in [0.717, 1.165) is 48.7 Å². The van der Waals surface area contributed by atoms with Crippen molar-refractivity contribution in [2.24, 2.45) is 5.92 Å². The van der Waals surface area contributed by atoms with Crippen molar-refractivity contribution in [3.05, 3.63) is 71.1 Å². The van der Waals surface area contributed by atoms with Gasteiger partial charge in [0, 0.05) is 28.7 Å². The Morgan fingerprint density at radius 2 is 1.91 bits per heavy atom. The Labute approximate surface area is 192 Å². The van der Waals surface area contributed by atoms with Crippen molar-refractivity contribution in [1.29, 1.82) is 0 Å². The molecule has 3 aromatic rings. The van der Waals surface area contributed by atoms with Gasteiger partial charge in [-0.25, -0.2) is 4.39 Å². The summed E-state index contributed by atoms with van der Waals surface area (Å²) in [5, 5.41) is 4.50. The van der Waals surface area contributed by atoms with E-state index in [1.807, 2.05) is 19.2 Å². The summed E-state index contributed by atoms with van der Waals surface area (Å²) in [5.74, 6) is -0.108. The summed E-state index contributed by atoms with van der Waals surface area (Å²) >= 11 is 5.91. The number of ether oxygens (including phenoxy) is 1. The lowest BCUT2D eigenvalue weighted by atomic mass is 9.69. The van der Waals surface area contributed by atoms with Gasteiger partial charge in [0.05, 0.1) is 23.1 Å². The third-order valence-corrected chi connectivity index (χ3v) is 7.38. The van der Waals surface area contributed by atoms with E-state index in [9.17, 15) is 9.18 Å². The molecule has 32 heavy (non-hydrogen) atoms. The summed E-state index contributed by atoms with van der Waals surface area (Å²) in [4.78, 5) is 17.0. The van der Waals surface area contributed by atoms with Crippen LogP contribution in [0.5, 0.6) is 0 Å². The fraction of sp³-hybridized carbons (Fsp3) is 0.385. The van der Waals surface area contributed by atoms with E-state index in [1.54, 1.807) is 36.4 Å². The lowest BCUT2D eigenvalue weighted by Gasteiger charge is -2.53. The fourth-order valence-corrected chi connectivity index (χ4v) is 5.31. The number of hydrogen-bond acceptors (Lipinski definition) is 3. The summed E-state index contributed by atoms with van der Waals surface area (Å²) in [6.07, 6.45) is 6.56. The zero-order chi connectivity index (χ0) is 22.3. The molecule has 1 N–H and O–H groups in total. The first-order chi connectivity index (χ1) is 15.4. The molecule has 1 aliphatic carbocycles. The Morgan fingerprint density at radius 1 is 1.19 bits per heavy atom. The van der Waals surface area contributed by atoms with Crippen LogP contribution in [0.4, 0.5) is 10.1 Å². The summed E-state index contributed by atoms with van der Waals surface area (Å²) in [5.41, 5.74) is 2.63. The van der Waals surface area contributed by atoms with E-state index in [1.165, 1.54) is 11.6 Å². The highest BCUT2D eigenvalue weighted by Gasteiger charge is 2.50. The molecule has 2 heterocycles. The van der Waals surface area contributed by atoms with Crippen molar-refractivity contribution < 1.29 is 13.9 Å². The van der Waals surface area contributed by atoms with Gasteiger partial charge < -0.3 is 10.1 Å². The second-order valence-corrected chi connectivity index (χ2v) is 9.60. The van der Waals surface area contributed by atoms with Crippen molar-refractivity contribution in [2.75, 3.05) is 5.32 Å². The first-order valence-electron chi connectivity index (χ1n) is 11.2. The van der Waals surface area contributed by atoms with Crippen LogP contribution in [-0.4, -0.2) is 22.6 Å². The zero-order valence-corrected chi connectivity index (χ0v) is 18.7. The highest BCUT2D eigenvalue weighted by molar-refractivity contribution is 6.30. The molecule has 1 spiro atoms. The molecule has 166 valence electrons. The minimum absolute atomic E-state index is 0.0360. The Hall–Kier alpha value is -2.50. The number of amides is 1. The van der Waals surface area contributed by atoms with Crippen LogP contribution in [0.2, 0.25) is 5.02 Å². The molecule has 1 amide bonds. The zero-order valence-electron chi connectivity index (χ0n) is 18.0. The predicted molar refractivity (Wildman–Crippen MR) is 124 cm³/mol. The number of benzene rings is 2. The van der Waals surface area contributed by atoms with E-state index in [-0.39, 0.29) is 29.3 Å². The molecule has 6 heteroatoms. The molecule has 1 aliphatic heterocycles. The third-order valence-electron chi connectivity index (χ3n) is 7.13. The Balaban J connectivity index is 1.18. The molecular weight excluding hydrogens is 427 g/mol. The van der Waals surface area contributed by atoms with Gasteiger partial charge in [0.1, 0.15) is 5.82 Å².